The zero-order valence-electron chi connectivity index (χ0n) is 14.7. The van der Waals surface area contributed by atoms with Crippen LogP contribution < -0.4 is 15.0 Å². The molecule has 2 aromatic heterocycles. The number of aryl methyl sites for hydroxylation is 1. The number of nitrogens with one attached hydrogen (secondary N) is 2. The van der Waals surface area contributed by atoms with E-state index < -0.39 is 0 Å². The fourth-order valence-corrected chi connectivity index (χ4v) is 2.61. The molecule has 0 spiro atoms. The van der Waals surface area contributed by atoms with E-state index in [4.69, 9.17) is 9.15 Å². The molecule has 0 bridgehead atoms. The number of fused-ring (bicyclic) bond motifs is 1. The van der Waals surface area contributed by atoms with Crippen LogP contribution in [-0.2, 0) is 4.79 Å². The Morgan fingerprint density at radius 3 is 2.63 bits per heavy atom. The zero-order chi connectivity index (χ0) is 18.6. The first kappa shape index (κ1) is 16.8. The molecule has 2 heterocycles. The number of carbonyl (C=O) groups excluding carboxylic acids is 1. The highest BCUT2D eigenvalue weighted by molar-refractivity contribution is 5.92. The number of aromatic amines is 1. The van der Waals surface area contributed by atoms with E-state index in [-0.39, 0.29) is 12.5 Å². The van der Waals surface area contributed by atoms with Crippen molar-refractivity contribution in [1.82, 2.24) is 4.98 Å². The van der Waals surface area contributed by atoms with Gasteiger partial charge in [0.05, 0.1) is 11.8 Å². The summed E-state index contributed by atoms with van der Waals surface area (Å²) >= 11 is 0. The number of anilines is 1. The number of aromatic nitrogens is 2. The average Bonchev–Trinajstić information content (AvgIpc) is 3.12. The molecule has 0 aliphatic rings. The molecule has 0 saturated carbocycles. The molecule has 1 amide bonds. The van der Waals surface area contributed by atoms with Gasteiger partial charge in [0.1, 0.15) is 5.75 Å². The number of H-pyrrole nitrogens is 1. The van der Waals surface area contributed by atoms with Gasteiger partial charge >= 0.3 is 11.5 Å². The zero-order valence-corrected chi connectivity index (χ0v) is 14.7. The molecule has 2 N–H and O–H groups in total. The topological polar surface area (TPSA) is 78.5 Å². The van der Waals surface area contributed by atoms with E-state index in [1.807, 2.05) is 55.5 Å². The Balaban J connectivity index is 1.38. The third-order valence-electron chi connectivity index (χ3n) is 4.02. The summed E-state index contributed by atoms with van der Waals surface area (Å²) in [5.74, 6) is 0.965. The SMILES string of the molecule is Cc1ccc(OCC(=O)Nc2ccc(-c3nc4[nH+]cccc4o3)cc2)cc1. The van der Waals surface area contributed by atoms with E-state index in [2.05, 4.69) is 15.3 Å². The summed E-state index contributed by atoms with van der Waals surface area (Å²) in [4.78, 5) is 19.5. The first-order chi connectivity index (χ1) is 13.2. The molecule has 0 fully saturated rings. The van der Waals surface area contributed by atoms with Gasteiger partial charge in [-0.2, -0.15) is 0 Å². The fraction of sp³-hybridized carbons (Fsp3) is 0.0952. The lowest BCUT2D eigenvalue weighted by molar-refractivity contribution is -0.347. The van der Waals surface area contributed by atoms with Gasteiger partial charge in [-0.15, -0.1) is 0 Å². The molecule has 0 saturated heterocycles. The Labute approximate surface area is 155 Å². The second-order valence-electron chi connectivity index (χ2n) is 6.13. The molecule has 6 nitrogen and oxygen atoms in total. The van der Waals surface area contributed by atoms with Crippen molar-refractivity contribution in [1.29, 1.82) is 0 Å². The van der Waals surface area contributed by atoms with Gasteiger partial charge in [-0.3, -0.25) is 4.79 Å². The first-order valence-electron chi connectivity index (χ1n) is 8.54. The van der Waals surface area contributed by atoms with Crippen LogP contribution in [0.5, 0.6) is 5.75 Å². The maximum atomic E-state index is 12.1. The minimum atomic E-state index is -0.222. The Morgan fingerprint density at radius 2 is 1.89 bits per heavy atom. The van der Waals surface area contributed by atoms with Crippen LogP contribution in [0, 0.1) is 6.92 Å². The first-order valence-corrected chi connectivity index (χ1v) is 8.54. The summed E-state index contributed by atoms with van der Waals surface area (Å²) < 4.78 is 11.2. The molecular weight excluding hydrogens is 342 g/mol. The maximum Gasteiger partial charge on any atom is 0.368 e. The number of nitrogens with zero attached hydrogens (tertiary/aromatic N) is 1. The summed E-state index contributed by atoms with van der Waals surface area (Å²) in [5, 5.41) is 2.81. The Hall–Kier alpha value is -3.67. The second kappa shape index (κ2) is 7.29. The number of amides is 1. The van der Waals surface area contributed by atoms with E-state index >= 15 is 0 Å². The number of hydrogen-bond acceptors (Lipinski definition) is 4. The summed E-state index contributed by atoms with van der Waals surface area (Å²) in [6, 6.07) is 18.6. The molecule has 4 rings (SSSR count). The molecule has 6 heteroatoms. The van der Waals surface area contributed by atoms with Crippen LogP contribution in [0.2, 0.25) is 0 Å². The van der Waals surface area contributed by atoms with Crippen molar-refractivity contribution >= 4 is 22.8 Å². The highest BCUT2D eigenvalue weighted by Crippen LogP contribution is 2.23. The molecule has 0 radical (unpaired) electrons. The number of ether oxygens (including phenoxy) is 1. The van der Waals surface area contributed by atoms with Gasteiger partial charge in [-0.25, -0.2) is 4.98 Å². The van der Waals surface area contributed by atoms with Gasteiger partial charge < -0.3 is 14.5 Å². The Kier molecular flexibility index (Phi) is 4.53. The molecule has 0 aliphatic carbocycles. The van der Waals surface area contributed by atoms with E-state index in [9.17, 15) is 4.79 Å². The summed E-state index contributed by atoms with van der Waals surface area (Å²) in [7, 11) is 0. The van der Waals surface area contributed by atoms with Crippen LogP contribution in [0.4, 0.5) is 5.69 Å². The molecule has 0 atom stereocenters. The molecule has 0 aliphatic heterocycles. The quantitative estimate of drug-likeness (QED) is 0.589. The molecule has 27 heavy (non-hydrogen) atoms. The van der Waals surface area contributed by atoms with E-state index in [0.29, 0.717) is 28.6 Å². The van der Waals surface area contributed by atoms with Crippen molar-refractivity contribution in [2.75, 3.05) is 11.9 Å². The van der Waals surface area contributed by atoms with Gasteiger partial charge in [-0.1, -0.05) is 17.7 Å². The van der Waals surface area contributed by atoms with Crippen molar-refractivity contribution in [3.63, 3.8) is 0 Å². The average molecular weight is 360 g/mol. The van der Waals surface area contributed by atoms with Crippen LogP contribution >= 0.6 is 0 Å². The van der Waals surface area contributed by atoms with Crippen LogP contribution in [0.15, 0.2) is 71.3 Å². The summed E-state index contributed by atoms with van der Waals surface area (Å²) in [6.07, 6.45) is 1.80. The number of oxazole rings is 1. The smallest absolute Gasteiger partial charge is 0.368 e. The fourth-order valence-electron chi connectivity index (χ4n) is 2.61. The van der Waals surface area contributed by atoms with E-state index in [1.165, 1.54) is 0 Å². The van der Waals surface area contributed by atoms with E-state index in [0.717, 1.165) is 11.1 Å². The minimum Gasteiger partial charge on any atom is -0.484 e. The van der Waals surface area contributed by atoms with Crippen molar-refractivity contribution < 1.29 is 18.9 Å². The van der Waals surface area contributed by atoms with E-state index in [1.54, 1.807) is 18.3 Å². The van der Waals surface area contributed by atoms with Gasteiger partial charge in [0, 0.05) is 10.7 Å². The van der Waals surface area contributed by atoms with Gasteiger partial charge in [0.2, 0.25) is 5.58 Å². The van der Waals surface area contributed by atoms with Crippen LogP contribution in [0.25, 0.3) is 22.7 Å². The van der Waals surface area contributed by atoms with Crippen molar-refractivity contribution in [3.8, 4) is 17.2 Å². The minimum absolute atomic E-state index is 0.0498. The van der Waals surface area contributed by atoms with Crippen LogP contribution in [0.3, 0.4) is 0 Å². The normalized spacial score (nSPS) is 10.7. The lowest BCUT2D eigenvalue weighted by atomic mass is 10.2. The molecule has 134 valence electrons. The lowest BCUT2D eigenvalue weighted by Gasteiger charge is -2.08. The number of rotatable bonds is 5. The third-order valence-corrected chi connectivity index (χ3v) is 4.02. The highest BCUT2D eigenvalue weighted by Gasteiger charge is 2.16. The van der Waals surface area contributed by atoms with Gasteiger partial charge in [0.15, 0.2) is 6.61 Å². The summed E-state index contributed by atoms with van der Waals surface area (Å²) in [5.41, 5.74) is 4.03. The Morgan fingerprint density at radius 1 is 1.11 bits per heavy atom. The number of carbonyl (C=O) groups is 1. The Bertz CT molecular complexity index is 1040. The standard InChI is InChI=1S/C21H17N3O3/c1-14-4-10-17(11-5-14)26-13-19(25)23-16-8-6-15(7-9-16)21-24-20-18(27-21)3-2-12-22-20/h2-12H,13H2,1H3,(H,23,25)/p+1. The predicted octanol–water partition coefficient (Wildman–Crippen LogP) is 3.63. The summed E-state index contributed by atoms with van der Waals surface area (Å²) in [6.45, 7) is 1.95. The predicted molar refractivity (Wildman–Crippen MR) is 101 cm³/mol. The monoisotopic (exact) mass is 360 g/mol. The maximum absolute atomic E-state index is 12.1. The van der Waals surface area contributed by atoms with Crippen molar-refractivity contribution in [3.05, 3.63) is 72.4 Å². The highest BCUT2D eigenvalue weighted by atomic mass is 16.5. The van der Waals surface area contributed by atoms with Gasteiger partial charge in [0.25, 0.3) is 5.91 Å². The molecule has 4 aromatic rings. The van der Waals surface area contributed by atoms with Crippen LogP contribution in [-0.4, -0.2) is 17.5 Å². The number of hydrogen-bond donors (Lipinski definition) is 1. The third kappa shape index (κ3) is 3.95. The number of benzene rings is 2. The number of pyridine rings is 1. The van der Waals surface area contributed by atoms with Gasteiger partial charge in [-0.05, 0) is 55.5 Å². The molecule has 0 unspecified atom stereocenters. The second-order valence-corrected chi connectivity index (χ2v) is 6.13. The van der Waals surface area contributed by atoms with Crippen molar-refractivity contribution in [2.24, 2.45) is 0 Å². The largest absolute Gasteiger partial charge is 0.484 e. The van der Waals surface area contributed by atoms with Crippen LogP contribution in [0.1, 0.15) is 5.56 Å². The molecular formula is C21H18N3O3+. The molecule has 2 aromatic carbocycles. The lowest BCUT2D eigenvalue weighted by Crippen LogP contribution is -2.20. The van der Waals surface area contributed by atoms with Crippen molar-refractivity contribution in [2.45, 2.75) is 6.92 Å².